The van der Waals surface area contributed by atoms with Crippen molar-refractivity contribution in [2.75, 3.05) is 21.3 Å². The van der Waals surface area contributed by atoms with Crippen LogP contribution in [0.4, 0.5) is 0 Å². The van der Waals surface area contributed by atoms with Crippen LogP contribution >= 0.6 is 23.2 Å². The molecule has 0 aromatic heterocycles. The van der Waals surface area contributed by atoms with Crippen molar-refractivity contribution in [2.45, 2.75) is 12.5 Å². The van der Waals surface area contributed by atoms with E-state index in [0.717, 1.165) is 11.1 Å². The quantitative estimate of drug-likeness (QED) is 0.153. The first-order valence-corrected chi connectivity index (χ1v) is 13.9. The number of methoxy groups -OCH3 is 3. The van der Waals surface area contributed by atoms with Gasteiger partial charge in [0.15, 0.2) is 11.5 Å². The van der Waals surface area contributed by atoms with Crippen LogP contribution < -0.4 is 34.2 Å². The van der Waals surface area contributed by atoms with Gasteiger partial charge in [-0.3, -0.25) is 0 Å². The molecule has 1 atom stereocenters. The molecule has 2 N–H and O–H groups in total. The minimum Gasteiger partial charge on any atom is -0.493 e. The number of carbonyl (C=O) groups excluding carboxylic acids is 1. The Hall–Kier alpha value is -5.04. The topological polar surface area (TPSA) is 122 Å². The lowest BCUT2D eigenvalue weighted by molar-refractivity contribution is 0.0733. The molecule has 0 bridgehead atoms. The van der Waals surface area contributed by atoms with Crippen LogP contribution in [0.25, 0.3) is 0 Å². The van der Waals surface area contributed by atoms with Crippen LogP contribution in [0.5, 0.6) is 34.5 Å². The van der Waals surface area contributed by atoms with Gasteiger partial charge in [-0.2, -0.15) is 5.26 Å². The van der Waals surface area contributed by atoms with Crippen LogP contribution in [-0.4, -0.2) is 27.3 Å². The molecule has 0 radical (unpaired) electrons. The summed E-state index contributed by atoms with van der Waals surface area (Å²) in [5.74, 6) is 0.897. The van der Waals surface area contributed by atoms with E-state index in [4.69, 9.17) is 57.4 Å². The second kappa shape index (κ2) is 13.1. The van der Waals surface area contributed by atoms with E-state index in [2.05, 4.69) is 6.07 Å². The van der Waals surface area contributed by atoms with Crippen LogP contribution in [0.15, 0.2) is 84.3 Å². The largest absolute Gasteiger partial charge is 0.493 e. The highest BCUT2D eigenvalue weighted by Crippen LogP contribution is 2.44. The van der Waals surface area contributed by atoms with Crippen LogP contribution in [0.2, 0.25) is 10.0 Å². The molecule has 4 aromatic rings. The normalized spacial score (nSPS) is 13.7. The zero-order valence-electron chi connectivity index (χ0n) is 23.9. The summed E-state index contributed by atoms with van der Waals surface area (Å²) >= 11 is 12.2. The molecule has 0 saturated carbocycles. The van der Waals surface area contributed by atoms with Gasteiger partial charge in [0.2, 0.25) is 11.6 Å². The van der Waals surface area contributed by atoms with Crippen LogP contribution in [-0.2, 0) is 6.61 Å². The SMILES string of the molecule is COc1cc(C(=O)Oc2ccc3c(c2)OC(N)=C(C#N)C3c2ccc(OCc3ccc(Cl)cc3Cl)cc2)cc(OC)c1OC. The fourth-order valence-corrected chi connectivity index (χ4v) is 5.23. The van der Waals surface area contributed by atoms with E-state index in [1.807, 2.05) is 12.1 Å². The molecule has 4 aromatic carbocycles. The number of hydrogen-bond donors (Lipinski definition) is 1. The van der Waals surface area contributed by atoms with Gasteiger partial charge in [0.1, 0.15) is 35.5 Å². The van der Waals surface area contributed by atoms with E-state index in [-0.39, 0.29) is 29.4 Å². The second-order valence-electron chi connectivity index (χ2n) is 9.52. The fraction of sp³-hybridized carbons (Fsp3) is 0.152. The number of carbonyl (C=O) groups is 1. The third kappa shape index (κ3) is 6.18. The first kappa shape index (κ1) is 30.4. The van der Waals surface area contributed by atoms with Gasteiger partial charge < -0.3 is 34.2 Å². The molecular formula is C33H26Cl2N2O7. The molecule has 0 amide bonds. The average molecular weight is 633 g/mol. The van der Waals surface area contributed by atoms with E-state index >= 15 is 0 Å². The summed E-state index contributed by atoms with van der Waals surface area (Å²) in [6.07, 6.45) is 0. The van der Waals surface area contributed by atoms with Crippen molar-refractivity contribution in [1.82, 2.24) is 0 Å². The molecule has 0 saturated heterocycles. The highest BCUT2D eigenvalue weighted by Gasteiger charge is 2.31. The summed E-state index contributed by atoms with van der Waals surface area (Å²) in [6.45, 7) is 0.253. The van der Waals surface area contributed by atoms with E-state index in [1.165, 1.54) is 33.5 Å². The van der Waals surface area contributed by atoms with Gasteiger partial charge in [0.25, 0.3) is 0 Å². The Kier molecular flexibility index (Phi) is 9.04. The Morgan fingerprint density at radius 1 is 0.909 bits per heavy atom. The monoisotopic (exact) mass is 632 g/mol. The van der Waals surface area contributed by atoms with Crippen molar-refractivity contribution in [3.05, 3.63) is 117 Å². The summed E-state index contributed by atoms with van der Waals surface area (Å²) in [5.41, 5.74) is 8.86. The summed E-state index contributed by atoms with van der Waals surface area (Å²) in [6, 6.07) is 22.6. The third-order valence-electron chi connectivity index (χ3n) is 6.92. The maximum Gasteiger partial charge on any atom is 0.343 e. The van der Waals surface area contributed by atoms with E-state index in [9.17, 15) is 10.1 Å². The van der Waals surface area contributed by atoms with Crippen LogP contribution in [0, 0.1) is 11.3 Å². The lowest BCUT2D eigenvalue weighted by Crippen LogP contribution is -2.21. The molecule has 0 fully saturated rings. The number of rotatable bonds is 9. The Morgan fingerprint density at radius 2 is 1.59 bits per heavy atom. The summed E-state index contributed by atoms with van der Waals surface area (Å²) < 4.78 is 33.3. The highest BCUT2D eigenvalue weighted by atomic mass is 35.5. The number of fused-ring (bicyclic) bond motifs is 1. The molecule has 224 valence electrons. The Labute approximate surface area is 263 Å². The maximum absolute atomic E-state index is 13.1. The predicted molar refractivity (Wildman–Crippen MR) is 164 cm³/mol. The van der Waals surface area contributed by atoms with Gasteiger partial charge in [-0.15, -0.1) is 0 Å². The minimum absolute atomic E-state index is 0.0455. The molecule has 1 unspecified atom stereocenters. The molecule has 5 rings (SSSR count). The zero-order chi connectivity index (χ0) is 31.4. The fourth-order valence-electron chi connectivity index (χ4n) is 4.76. The molecule has 1 aliphatic heterocycles. The Balaban J connectivity index is 1.38. The molecule has 1 heterocycles. The average Bonchev–Trinajstić information content (AvgIpc) is 3.03. The number of halogens is 2. The number of nitrogens with zero attached hydrogens (tertiary/aromatic N) is 1. The van der Waals surface area contributed by atoms with Crippen molar-refractivity contribution in [3.63, 3.8) is 0 Å². The molecule has 9 nitrogen and oxygen atoms in total. The maximum atomic E-state index is 13.1. The van der Waals surface area contributed by atoms with Crippen molar-refractivity contribution in [3.8, 4) is 40.6 Å². The lowest BCUT2D eigenvalue weighted by atomic mass is 9.83. The second-order valence-corrected chi connectivity index (χ2v) is 10.4. The van der Waals surface area contributed by atoms with Crippen LogP contribution in [0.3, 0.4) is 0 Å². The number of hydrogen-bond acceptors (Lipinski definition) is 9. The standard InChI is InChI=1S/C33H26Cl2N2O7/c1-39-28-12-20(13-29(40-2)31(28)41-3)33(38)43-23-10-11-24-27(15-23)44-32(37)25(16-36)30(24)18-5-8-22(9-6-18)42-17-19-4-7-21(34)14-26(19)35/h4-15,30H,17,37H2,1-3H3. The first-order valence-electron chi connectivity index (χ1n) is 13.2. The number of nitrogens with two attached hydrogens (primary N) is 1. The highest BCUT2D eigenvalue weighted by molar-refractivity contribution is 6.35. The lowest BCUT2D eigenvalue weighted by Gasteiger charge is -2.27. The van der Waals surface area contributed by atoms with Gasteiger partial charge in [0, 0.05) is 27.2 Å². The molecule has 11 heteroatoms. The number of allylic oxidation sites excluding steroid dienone is 1. The number of nitriles is 1. The minimum atomic E-state index is -0.659. The number of benzene rings is 4. The smallest absolute Gasteiger partial charge is 0.343 e. The van der Waals surface area contributed by atoms with E-state index < -0.39 is 11.9 Å². The van der Waals surface area contributed by atoms with Crippen molar-refractivity contribution in [1.29, 1.82) is 5.26 Å². The number of ether oxygens (including phenoxy) is 6. The Bertz CT molecular complexity index is 1770. The van der Waals surface area contributed by atoms with Crippen molar-refractivity contribution >= 4 is 29.2 Å². The van der Waals surface area contributed by atoms with Gasteiger partial charge in [-0.25, -0.2) is 4.79 Å². The first-order chi connectivity index (χ1) is 21.3. The van der Waals surface area contributed by atoms with Crippen molar-refractivity contribution < 1.29 is 33.2 Å². The molecule has 0 spiro atoms. The van der Waals surface area contributed by atoms with Gasteiger partial charge in [-0.05, 0) is 48.0 Å². The number of esters is 1. The summed E-state index contributed by atoms with van der Waals surface area (Å²) in [4.78, 5) is 13.1. The molecule has 44 heavy (non-hydrogen) atoms. The molecular weight excluding hydrogens is 607 g/mol. The van der Waals surface area contributed by atoms with Gasteiger partial charge >= 0.3 is 5.97 Å². The summed E-state index contributed by atoms with van der Waals surface area (Å²) in [5, 5.41) is 11.0. The van der Waals surface area contributed by atoms with Gasteiger partial charge in [0.05, 0.1) is 32.8 Å². The van der Waals surface area contributed by atoms with Gasteiger partial charge in [-0.1, -0.05) is 47.5 Å². The summed E-state index contributed by atoms with van der Waals surface area (Å²) in [7, 11) is 4.38. The third-order valence-corrected chi connectivity index (χ3v) is 7.51. The predicted octanol–water partition coefficient (Wildman–Crippen LogP) is 7.04. The van der Waals surface area contributed by atoms with Crippen molar-refractivity contribution in [2.24, 2.45) is 5.73 Å². The van der Waals surface area contributed by atoms with Crippen LogP contribution in [0.1, 0.15) is 33.0 Å². The molecule has 1 aliphatic rings. The molecule has 0 aliphatic carbocycles. The zero-order valence-corrected chi connectivity index (χ0v) is 25.4. The van der Waals surface area contributed by atoms with E-state index in [0.29, 0.717) is 44.4 Å². The Morgan fingerprint density at radius 3 is 2.20 bits per heavy atom. The van der Waals surface area contributed by atoms with E-state index in [1.54, 1.807) is 48.5 Å².